The highest BCUT2D eigenvalue weighted by atomic mass is 35.5. The summed E-state index contributed by atoms with van der Waals surface area (Å²) in [5.41, 5.74) is 1.95. The van der Waals surface area contributed by atoms with Crippen LogP contribution in [0.3, 0.4) is 0 Å². The molecule has 132 valence electrons. The monoisotopic (exact) mass is 398 g/mol. The Morgan fingerprint density at radius 3 is 2.56 bits per heavy atom. The quantitative estimate of drug-likeness (QED) is 0.846. The number of aryl methyl sites for hydroxylation is 1. The van der Waals surface area contributed by atoms with Crippen LogP contribution >= 0.6 is 23.2 Å². The molecule has 2 aromatic carbocycles. The van der Waals surface area contributed by atoms with Crippen LogP contribution in [0.15, 0.2) is 41.3 Å². The van der Waals surface area contributed by atoms with E-state index in [9.17, 15) is 13.2 Å². The first-order valence-electron chi connectivity index (χ1n) is 7.67. The number of hydrogen-bond acceptors (Lipinski definition) is 3. The summed E-state index contributed by atoms with van der Waals surface area (Å²) < 4.78 is 27.8. The molecule has 3 rings (SSSR count). The molecule has 1 heterocycles. The largest absolute Gasteiger partial charge is 0.312 e. The van der Waals surface area contributed by atoms with Gasteiger partial charge in [-0.05, 0) is 54.8 Å². The van der Waals surface area contributed by atoms with E-state index in [4.69, 9.17) is 23.2 Å². The predicted molar refractivity (Wildman–Crippen MR) is 100 cm³/mol. The van der Waals surface area contributed by atoms with Crippen LogP contribution in [0.1, 0.15) is 18.9 Å². The van der Waals surface area contributed by atoms with Crippen LogP contribution in [-0.4, -0.2) is 20.9 Å². The Hall–Kier alpha value is -1.76. The van der Waals surface area contributed by atoms with E-state index >= 15 is 0 Å². The molecule has 0 saturated carbocycles. The molecule has 8 heteroatoms. The minimum atomic E-state index is -3.77. The van der Waals surface area contributed by atoms with Crippen molar-refractivity contribution in [3.05, 3.63) is 52.0 Å². The number of fused-ring (bicyclic) bond motifs is 1. The van der Waals surface area contributed by atoms with Gasteiger partial charge in [0, 0.05) is 19.2 Å². The highest BCUT2D eigenvalue weighted by molar-refractivity contribution is 7.92. The van der Waals surface area contributed by atoms with E-state index in [0.29, 0.717) is 17.3 Å². The number of anilines is 2. The lowest BCUT2D eigenvalue weighted by Crippen LogP contribution is -2.33. The van der Waals surface area contributed by atoms with E-state index in [-0.39, 0.29) is 15.8 Å². The number of rotatable bonds is 3. The fourth-order valence-corrected chi connectivity index (χ4v) is 4.24. The van der Waals surface area contributed by atoms with Gasteiger partial charge >= 0.3 is 0 Å². The van der Waals surface area contributed by atoms with Gasteiger partial charge in [0.15, 0.2) is 0 Å². The summed E-state index contributed by atoms with van der Waals surface area (Å²) in [4.78, 5) is 13.5. The fraction of sp³-hybridized carbons (Fsp3) is 0.235. The second-order valence-electron chi connectivity index (χ2n) is 5.80. The van der Waals surface area contributed by atoms with Gasteiger partial charge in [0.05, 0.1) is 20.6 Å². The summed E-state index contributed by atoms with van der Waals surface area (Å²) in [6.07, 6.45) is 1.53. The minimum Gasteiger partial charge on any atom is -0.312 e. The maximum absolute atomic E-state index is 12.6. The molecule has 25 heavy (non-hydrogen) atoms. The minimum absolute atomic E-state index is 0.0505. The molecule has 0 fully saturated rings. The van der Waals surface area contributed by atoms with Gasteiger partial charge in [-0.1, -0.05) is 23.2 Å². The molecular weight excluding hydrogens is 383 g/mol. The van der Waals surface area contributed by atoms with Crippen LogP contribution in [-0.2, 0) is 21.2 Å². The van der Waals surface area contributed by atoms with Gasteiger partial charge in [-0.25, -0.2) is 8.42 Å². The molecule has 5 nitrogen and oxygen atoms in total. The van der Waals surface area contributed by atoms with E-state index in [1.54, 1.807) is 23.1 Å². The molecule has 0 atom stereocenters. The second kappa shape index (κ2) is 6.86. The molecule has 2 aromatic rings. The van der Waals surface area contributed by atoms with Crippen LogP contribution in [0, 0.1) is 0 Å². The van der Waals surface area contributed by atoms with Crippen LogP contribution in [0.5, 0.6) is 0 Å². The zero-order valence-corrected chi connectivity index (χ0v) is 15.7. The number of nitrogens with zero attached hydrogens (tertiary/aromatic N) is 1. The SMILES string of the molecule is CC(=O)N1CCCc2cc(S(=O)(=O)Nc3ccc(Cl)c(Cl)c3)ccc21. The van der Waals surface area contributed by atoms with Gasteiger partial charge in [-0.3, -0.25) is 9.52 Å². The molecule has 1 amide bonds. The number of carbonyl (C=O) groups is 1. The van der Waals surface area contributed by atoms with E-state index in [0.717, 1.165) is 24.1 Å². The van der Waals surface area contributed by atoms with Crippen molar-refractivity contribution in [3.63, 3.8) is 0 Å². The van der Waals surface area contributed by atoms with Gasteiger partial charge in [0.1, 0.15) is 0 Å². The highest BCUT2D eigenvalue weighted by Gasteiger charge is 2.23. The number of benzene rings is 2. The molecule has 0 unspecified atom stereocenters. The molecule has 0 aromatic heterocycles. The van der Waals surface area contributed by atoms with E-state index < -0.39 is 10.0 Å². The molecule has 0 bridgehead atoms. The third-order valence-corrected chi connectivity index (χ3v) is 6.15. The van der Waals surface area contributed by atoms with Crippen molar-refractivity contribution in [1.29, 1.82) is 0 Å². The smallest absolute Gasteiger partial charge is 0.261 e. The normalized spacial score (nSPS) is 14.1. The average molecular weight is 399 g/mol. The highest BCUT2D eigenvalue weighted by Crippen LogP contribution is 2.31. The summed E-state index contributed by atoms with van der Waals surface area (Å²) in [5, 5.41) is 0.618. The van der Waals surface area contributed by atoms with Crippen molar-refractivity contribution in [3.8, 4) is 0 Å². The summed E-state index contributed by atoms with van der Waals surface area (Å²) >= 11 is 11.8. The van der Waals surface area contributed by atoms with Crippen LogP contribution < -0.4 is 9.62 Å². The summed E-state index contributed by atoms with van der Waals surface area (Å²) in [5.74, 6) is -0.0505. The standard InChI is InChI=1S/C17H16Cl2N2O3S/c1-11(22)21-8-2-3-12-9-14(5-7-17(12)21)25(23,24)20-13-4-6-15(18)16(19)10-13/h4-7,9-10,20H,2-3,8H2,1H3. The van der Waals surface area contributed by atoms with Crippen molar-refractivity contribution >= 4 is 50.5 Å². The van der Waals surface area contributed by atoms with E-state index in [1.807, 2.05) is 0 Å². The maximum atomic E-state index is 12.6. The van der Waals surface area contributed by atoms with Crippen molar-refractivity contribution in [2.45, 2.75) is 24.7 Å². The van der Waals surface area contributed by atoms with Gasteiger partial charge in [0.2, 0.25) is 5.91 Å². The van der Waals surface area contributed by atoms with Crippen LogP contribution in [0.2, 0.25) is 10.0 Å². The molecule has 0 aliphatic carbocycles. The first kappa shape index (κ1) is 18.0. The molecule has 0 spiro atoms. The Labute approximate surface area is 156 Å². The molecular formula is C17H16Cl2N2O3S. The summed E-state index contributed by atoms with van der Waals surface area (Å²) in [6.45, 7) is 2.15. The molecule has 1 aliphatic rings. The van der Waals surface area contributed by atoms with E-state index in [1.165, 1.54) is 25.1 Å². The third-order valence-electron chi connectivity index (χ3n) is 4.03. The Kier molecular flexibility index (Phi) is 4.95. The Morgan fingerprint density at radius 1 is 1.12 bits per heavy atom. The van der Waals surface area contributed by atoms with Gasteiger partial charge < -0.3 is 4.90 Å². The molecule has 1 aliphatic heterocycles. The lowest BCUT2D eigenvalue weighted by molar-refractivity contribution is -0.116. The number of hydrogen-bond donors (Lipinski definition) is 1. The number of nitrogens with one attached hydrogen (secondary N) is 1. The van der Waals surface area contributed by atoms with Crippen molar-refractivity contribution in [1.82, 2.24) is 0 Å². The van der Waals surface area contributed by atoms with Gasteiger partial charge in [-0.15, -0.1) is 0 Å². The molecule has 0 saturated heterocycles. The Bertz CT molecular complexity index is 945. The van der Waals surface area contributed by atoms with Crippen LogP contribution in [0.25, 0.3) is 0 Å². The molecule has 0 radical (unpaired) electrons. The summed E-state index contributed by atoms with van der Waals surface area (Å²) in [6, 6.07) is 9.32. The van der Waals surface area contributed by atoms with Crippen LogP contribution in [0.4, 0.5) is 11.4 Å². The lowest BCUT2D eigenvalue weighted by atomic mass is 10.0. The Balaban J connectivity index is 1.92. The first-order valence-corrected chi connectivity index (χ1v) is 9.91. The van der Waals surface area contributed by atoms with Crippen molar-refractivity contribution in [2.75, 3.05) is 16.2 Å². The fourth-order valence-electron chi connectivity index (χ4n) is 2.84. The lowest BCUT2D eigenvalue weighted by Gasteiger charge is -2.28. The number of sulfonamides is 1. The number of amides is 1. The first-order chi connectivity index (χ1) is 11.8. The third kappa shape index (κ3) is 3.76. The Morgan fingerprint density at radius 2 is 1.88 bits per heavy atom. The average Bonchev–Trinajstić information content (AvgIpc) is 2.56. The number of halogens is 2. The zero-order valence-electron chi connectivity index (χ0n) is 13.4. The van der Waals surface area contributed by atoms with Crippen molar-refractivity contribution in [2.24, 2.45) is 0 Å². The topological polar surface area (TPSA) is 66.5 Å². The second-order valence-corrected chi connectivity index (χ2v) is 8.30. The van der Waals surface area contributed by atoms with Gasteiger partial charge in [-0.2, -0.15) is 0 Å². The molecule has 1 N–H and O–H groups in total. The zero-order chi connectivity index (χ0) is 18.2. The van der Waals surface area contributed by atoms with Crippen molar-refractivity contribution < 1.29 is 13.2 Å². The summed E-state index contributed by atoms with van der Waals surface area (Å²) in [7, 11) is -3.77. The number of carbonyl (C=O) groups excluding carboxylic acids is 1. The van der Waals surface area contributed by atoms with Gasteiger partial charge in [0.25, 0.3) is 10.0 Å². The maximum Gasteiger partial charge on any atom is 0.261 e. The predicted octanol–water partition coefficient (Wildman–Crippen LogP) is 4.09. The van der Waals surface area contributed by atoms with E-state index in [2.05, 4.69) is 4.72 Å².